The highest BCUT2D eigenvalue weighted by Crippen LogP contribution is 2.32. The number of hydrogen-bond donors (Lipinski definition) is 2. The van der Waals surface area contributed by atoms with Crippen LogP contribution in [0, 0.1) is 0 Å². The van der Waals surface area contributed by atoms with E-state index in [1.807, 2.05) is 36.4 Å². The van der Waals surface area contributed by atoms with Gasteiger partial charge in [-0.15, -0.1) is 0 Å². The van der Waals surface area contributed by atoms with E-state index in [-0.39, 0.29) is 35.1 Å². The second-order valence-electron chi connectivity index (χ2n) is 7.50. The molecule has 0 radical (unpaired) electrons. The lowest BCUT2D eigenvalue weighted by molar-refractivity contribution is -0.140. The summed E-state index contributed by atoms with van der Waals surface area (Å²) < 4.78 is 4.70. The fourth-order valence-corrected chi connectivity index (χ4v) is 5.21. The summed E-state index contributed by atoms with van der Waals surface area (Å²) in [6.45, 7) is 0. The molecule has 0 spiro atoms. The first-order chi connectivity index (χ1) is 15.1. The third-order valence-corrected chi connectivity index (χ3v) is 6.87. The van der Waals surface area contributed by atoms with Gasteiger partial charge in [0, 0.05) is 28.6 Å². The highest BCUT2D eigenvalue weighted by Gasteiger charge is 2.38. The molecular weight excluding hydrogens is 412 g/mol. The van der Waals surface area contributed by atoms with Crippen LogP contribution in [0.4, 0.5) is 0 Å². The van der Waals surface area contributed by atoms with E-state index in [1.54, 1.807) is 36.0 Å². The lowest BCUT2D eigenvalue weighted by atomic mass is 10.00. The van der Waals surface area contributed by atoms with Gasteiger partial charge in [0.2, 0.25) is 0 Å². The summed E-state index contributed by atoms with van der Waals surface area (Å²) in [6.07, 6.45) is 2.83. The average Bonchev–Trinajstić information content (AvgIpc) is 3.18. The molecule has 2 aromatic rings. The van der Waals surface area contributed by atoms with Gasteiger partial charge >= 0.3 is 5.97 Å². The number of rotatable bonds is 9. The predicted molar refractivity (Wildman–Crippen MR) is 122 cm³/mol. The summed E-state index contributed by atoms with van der Waals surface area (Å²) >= 11 is 1.75. The van der Waals surface area contributed by atoms with Crippen LogP contribution in [0.25, 0.3) is 0 Å². The van der Waals surface area contributed by atoms with Crippen molar-refractivity contribution in [3.05, 3.63) is 71.8 Å². The van der Waals surface area contributed by atoms with Crippen LogP contribution in [0.5, 0.6) is 0 Å². The van der Waals surface area contributed by atoms with Crippen LogP contribution in [-0.4, -0.2) is 48.0 Å². The third kappa shape index (κ3) is 6.59. The highest BCUT2D eigenvalue weighted by molar-refractivity contribution is 8.00. The Morgan fingerprint density at radius 3 is 2.06 bits per heavy atom. The van der Waals surface area contributed by atoms with Crippen molar-refractivity contribution in [2.24, 2.45) is 0 Å². The number of carbonyl (C=O) groups is 3. The number of amides is 2. The van der Waals surface area contributed by atoms with Gasteiger partial charge in [0.1, 0.15) is 0 Å². The van der Waals surface area contributed by atoms with Gasteiger partial charge in [-0.25, -0.2) is 0 Å². The number of methoxy groups -OCH3 is 1. The molecule has 1 fully saturated rings. The molecule has 1 aliphatic heterocycles. The molecule has 0 bridgehead atoms. The van der Waals surface area contributed by atoms with Crippen molar-refractivity contribution in [1.82, 2.24) is 10.6 Å². The molecule has 3 rings (SSSR count). The molecule has 1 heterocycles. The van der Waals surface area contributed by atoms with Crippen molar-refractivity contribution >= 4 is 29.5 Å². The van der Waals surface area contributed by atoms with Gasteiger partial charge in [0.05, 0.1) is 19.2 Å². The summed E-state index contributed by atoms with van der Waals surface area (Å²) in [7, 11) is 1.39. The Morgan fingerprint density at radius 1 is 0.903 bits per heavy atom. The maximum atomic E-state index is 12.8. The second-order valence-corrected chi connectivity index (χ2v) is 8.78. The third-order valence-electron chi connectivity index (χ3n) is 5.36. The second kappa shape index (κ2) is 11.6. The van der Waals surface area contributed by atoms with Crippen LogP contribution >= 0.6 is 11.8 Å². The summed E-state index contributed by atoms with van der Waals surface area (Å²) in [5.74, 6) is 0.226. The zero-order valence-corrected chi connectivity index (χ0v) is 18.4. The molecular formula is C24H28N2O4S. The number of carbonyl (C=O) groups excluding carboxylic acids is 3. The van der Waals surface area contributed by atoms with Crippen LogP contribution in [0.15, 0.2) is 60.7 Å². The molecule has 0 aliphatic carbocycles. The Kier molecular flexibility index (Phi) is 8.53. The van der Waals surface area contributed by atoms with Gasteiger partial charge in [-0.1, -0.05) is 42.8 Å². The normalized spacial score (nSPS) is 20.1. The molecule has 3 unspecified atom stereocenters. The highest BCUT2D eigenvalue weighted by atomic mass is 32.2. The number of unbranched alkanes of at least 4 members (excludes halogenated alkanes) is 1. The van der Waals surface area contributed by atoms with Gasteiger partial charge in [0.25, 0.3) is 11.8 Å². The summed E-state index contributed by atoms with van der Waals surface area (Å²) in [5, 5.41) is 6.41. The van der Waals surface area contributed by atoms with E-state index in [1.165, 1.54) is 7.11 Å². The topological polar surface area (TPSA) is 84.5 Å². The van der Waals surface area contributed by atoms with Crippen LogP contribution in [0.3, 0.4) is 0 Å². The molecule has 2 N–H and O–H groups in total. The Morgan fingerprint density at radius 2 is 1.48 bits per heavy atom. The summed E-state index contributed by atoms with van der Waals surface area (Å²) in [5.41, 5.74) is 1.19. The molecule has 0 saturated carbocycles. The number of esters is 1. The van der Waals surface area contributed by atoms with E-state index in [0.717, 1.165) is 25.0 Å². The van der Waals surface area contributed by atoms with Crippen molar-refractivity contribution in [3.8, 4) is 0 Å². The Labute approximate surface area is 187 Å². The van der Waals surface area contributed by atoms with E-state index in [2.05, 4.69) is 10.6 Å². The number of hydrogen-bond acceptors (Lipinski definition) is 5. The number of nitrogens with one attached hydrogen (secondary N) is 2. The molecule has 6 nitrogen and oxygen atoms in total. The number of thioether (sulfide) groups is 1. The van der Waals surface area contributed by atoms with Gasteiger partial charge in [-0.3, -0.25) is 14.4 Å². The molecule has 2 amide bonds. The summed E-state index contributed by atoms with van der Waals surface area (Å²) in [6, 6.07) is 17.8. The molecule has 1 saturated heterocycles. The van der Waals surface area contributed by atoms with E-state index >= 15 is 0 Å². The fourth-order valence-electron chi connectivity index (χ4n) is 3.66. The first-order valence-electron chi connectivity index (χ1n) is 10.5. The number of benzene rings is 2. The van der Waals surface area contributed by atoms with Gasteiger partial charge < -0.3 is 15.4 Å². The van der Waals surface area contributed by atoms with Crippen LogP contribution in [0.2, 0.25) is 0 Å². The minimum absolute atomic E-state index is 0.142. The Balaban J connectivity index is 1.66. The lowest BCUT2D eigenvalue weighted by Gasteiger charge is -2.26. The minimum Gasteiger partial charge on any atom is -0.469 e. The van der Waals surface area contributed by atoms with Crippen molar-refractivity contribution < 1.29 is 19.1 Å². The van der Waals surface area contributed by atoms with Crippen molar-refractivity contribution in [1.29, 1.82) is 0 Å². The average molecular weight is 441 g/mol. The van der Waals surface area contributed by atoms with Crippen LogP contribution < -0.4 is 10.6 Å². The van der Waals surface area contributed by atoms with Crippen molar-refractivity contribution in [3.63, 3.8) is 0 Å². The van der Waals surface area contributed by atoms with Crippen LogP contribution in [0.1, 0.15) is 46.4 Å². The zero-order chi connectivity index (χ0) is 22.1. The van der Waals surface area contributed by atoms with Gasteiger partial charge in [-0.05, 0) is 37.1 Å². The molecule has 2 aromatic carbocycles. The fraction of sp³-hybridized carbons (Fsp3) is 0.375. The van der Waals surface area contributed by atoms with E-state index in [4.69, 9.17) is 4.74 Å². The standard InChI is InChI=1S/C24H28N2O4S/c1-30-21(27)15-9-8-14-20-22(26-24(29)18-12-6-3-7-13-18)19(16-31-20)25-23(28)17-10-4-2-5-11-17/h2-7,10-13,19-20,22H,8-9,14-16H2,1H3,(H,25,28)(H,26,29). The molecule has 7 heteroatoms. The Hall–Kier alpha value is -2.80. The molecule has 0 aromatic heterocycles. The lowest BCUT2D eigenvalue weighted by Crippen LogP contribution is -2.53. The first-order valence-corrected chi connectivity index (χ1v) is 11.5. The molecule has 31 heavy (non-hydrogen) atoms. The first kappa shape index (κ1) is 22.9. The maximum Gasteiger partial charge on any atom is 0.305 e. The largest absolute Gasteiger partial charge is 0.469 e. The minimum atomic E-state index is -0.207. The summed E-state index contributed by atoms with van der Waals surface area (Å²) in [4.78, 5) is 36.9. The van der Waals surface area contributed by atoms with Gasteiger partial charge in [-0.2, -0.15) is 11.8 Å². The quantitative estimate of drug-likeness (QED) is 0.461. The molecule has 1 aliphatic rings. The molecule has 3 atom stereocenters. The van der Waals surface area contributed by atoms with Crippen LogP contribution in [-0.2, 0) is 9.53 Å². The zero-order valence-electron chi connectivity index (χ0n) is 17.6. The van der Waals surface area contributed by atoms with Gasteiger partial charge in [0.15, 0.2) is 0 Å². The Bertz CT molecular complexity index is 876. The van der Waals surface area contributed by atoms with E-state index < -0.39 is 0 Å². The molecule has 164 valence electrons. The smallest absolute Gasteiger partial charge is 0.305 e. The predicted octanol–water partition coefficient (Wildman–Crippen LogP) is 3.43. The van der Waals surface area contributed by atoms with Crippen molar-refractivity contribution in [2.45, 2.75) is 43.0 Å². The van der Waals surface area contributed by atoms with E-state index in [9.17, 15) is 14.4 Å². The van der Waals surface area contributed by atoms with E-state index in [0.29, 0.717) is 17.5 Å². The SMILES string of the molecule is COC(=O)CCCCC1SCC(NC(=O)c2ccccc2)C1NC(=O)c1ccccc1. The maximum absolute atomic E-state index is 12.8. The van der Waals surface area contributed by atoms with Crippen molar-refractivity contribution in [2.75, 3.05) is 12.9 Å². The monoisotopic (exact) mass is 440 g/mol. The number of ether oxygens (including phenoxy) is 1.